The van der Waals surface area contributed by atoms with E-state index in [2.05, 4.69) is 22.0 Å². The smallest absolute Gasteiger partial charge is 0.263 e. The lowest BCUT2D eigenvalue weighted by Gasteiger charge is -2.27. The lowest BCUT2D eigenvalue weighted by Crippen LogP contribution is -2.44. The molecule has 0 aliphatic carbocycles. The van der Waals surface area contributed by atoms with Crippen molar-refractivity contribution in [3.05, 3.63) is 29.8 Å². The first kappa shape index (κ1) is 21.7. The monoisotopic (exact) mass is 414 g/mol. The van der Waals surface area contributed by atoms with Crippen LogP contribution in [0.1, 0.15) is 38.2 Å². The van der Waals surface area contributed by atoms with E-state index in [1.54, 1.807) is 29.2 Å². The summed E-state index contributed by atoms with van der Waals surface area (Å²) in [5.74, 6) is 0.219. The SMILES string of the molecule is CCCCC(N=C1NS(=O)(=O)c2ccccc21)C(=O)N(C)C1CCNC1.Cl. The van der Waals surface area contributed by atoms with Gasteiger partial charge >= 0.3 is 0 Å². The van der Waals surface area contributed by atoms with Gasteiger partial charge in [0.15, 0.2) is 0 Å². The predicted molar refractivity (Wildman–Crippen MR) is 108 cm³/mol. The van der Waals surface area contributed by atoms with E-state index in [0.717, 1.165) is 32.4 Å². The Morgan fingerprint density at radius 2 is 2.11 bits per heavy atom. The first-order valence-electron chi connectivity index (χ1n) is 9.11. The molecule has 1 saturated heterocycles. The Kier molecular flexibility index (Phi) is 7.25. The van der Waals surface area contributed by atoms with Gasteiger partial charge in [-0.3, -0.25) is 14.5 Å². The standard InChI is InChI=1S/C18H26N4O3S.ClH/c1-3-4-8-15(18(23)22(2)13-10-11-19-12-13)20-17-14-7-5-6-9-16(14)26(24,25)21-17;/h5-7,9,13,15,19H,3-4,8,10-12H2,1-2H3,(H,20,21);1H. The van der Waals surface area contributed by atoms with Crippen LogP contribution in [-0.2, 0) is 14.8 Å². The number of sulfonamides is 1. The summed E-state index contributed by atoms with van der Waals surface area (Å²) >= 11 is 0. The van der Waals surface area contributed by atoms with E-state index >= 15 is 0 Å². The molecule has 2 heterocycles. The molecule has 0 radical (unpaired) electrons. The number of fused-ring (bicyclic) bond motifs is 1. The van der Waals surface area contributed by atoms with Crippen molar-refractivity contribution >= 4 is 34.2 Å². The molecule has 2 atom stereocenters. The van der Waals surface area contributed by atoms with Crippen molar-refractivity contribution in [2.75, 3.05) is 20.1 Å². The number of hydrogen-bond donors (Lipinski definition) is 2. The predicted octanol–water partition coefficient (Wildman–Crippen LogP) is 1.53. The minimum atomic E-state index is -3.60. The highest BCUT2D eigenvalue weighted by molar-refractivity contribution is 7.90. The Labute approximate surface area is 167 Å². The van der Waals surface area contributed by atoms with Crippen LogP contribution < -0.4 is 10.0 Å². The molecule has 2 aliphatic rings. The zero-order valence-electron chi connectivity index (χ0n) is 15.6. The second-order valence-electron chi connectivity index (χ2n) is 6.83. The number of halogens is 1. The Hall–Kier alpha value is -1.64. The molecule has 150 valence electrons. The summed E-state index contributed by atoms with van der Waals surface area (Å²) in [6.45, 7) is 3.76. The average molecular weight is 415 g/mol. The Bertz CT molecular complexity index is 807. The zero-order valence-corrected chi connectivity index (χ0v) is 17.3. The van der Waals surface area contributed by atoms with Crippen molar-refractivity contribution in [3.63, 3.8) is 0 Å². The summed E-state index contributed by atoms with van der Waals surface area (Å²) in [6.07, 6.45) is 3.34. The van der Waals surface area contributed by atoms with Gasteiger partial charge in [-0.05, 0) is 31.5 Å². The molecule has 1 amide bonds. The van der Waals surface area contributed by atoms with E-state index in [4.69, 9.17) is 0 Å². The Morgan fingerprint density at radius 1 is 1.37 bits per heavy atom. The first-order valence-corrected chi connectivity index (χ1v) is 10.6. The highest BCUT2D eigenvalue weighted by Gasteiger charge is 2.33. The molecule has 0 aromatic heterocycles. The van der Waals surface area contributed by atoms with E-state index in [0.29, 0.717) is 12.0 Å². The number of hydrogen-bond acceptors (Lipinski definition) is 5. The molecule has 0 bridgehead atoms. The summed E-state index contributed by atoms with van der Waals surface area (Å²) in [4.78, 5) is 19.5. The fourth-order valence-electron chi connectivity index (χ4n) is 3.41. The van der Waals surface area contributed by atoms with E-state index < -0.39 is 16.1 Å². The summed E-state index contributed by atoms with van der Waals surface area (Å²) in [7, 11) is -1.79. The van der Waals surface area contributed by atoms with Gasteiger partial charge in [-0.2, -0.15) is 0 Å². The van der Waals surface area contributed by atoms with Gasteiger partial charge in [0.05, 0.1) is 4.90 Å². The maximum absolute atomic E-state index is 13.0. The molecule has 2 N–H and O–H groups in total. The molecule has 3 rings (SSSR count). The van der Waals surface area contributed by atoms with Gasteiger partial charge in [-0.1, -0.05) is 31.9 Å². The molecule has 2 aliphatic heterocycles. The maximum Gasteiger partial charge on any atom is 0.263 e. The highest BCUT2D eigenvalue weighted by atomic mass is 35.5. The normalized spacial score (nSPS) is 22.6. The van der Waals surface area contributed by atoms with Crippen LogP contribution in [-0.4, -0.2) is 57.3 Å². The van der Waals surface area contributed by atoms with Crippen molar-refractivity contribution in [2.45, 2.75) is 49.6 Å². The van der Waals surface area contributed by atoms with E-state index in [-0.39, 0.29) is 35.1 Å². The Morgan fingerprint density at radius 3 is 2.78 bits per heavy atom. The third kappa shape index (κ3) is 4.62. The fourth-order valence-corrected chi connectivity index (χ4v) is 4.65. The Balaban J connectivity index is 0.00000261. The van der Waals surface area contributed by atoms with Crippen molar-refractivity contribution < 1.29 is 13.2 Å². The van der Waals surface area contributed by atoms with Crippen LogP contribution in [0.15, 0.2) is 34.2 Å². The van der Waals surface area contributed by atoms with Gasteiger partial charge in [0.25, 0.3) is 10.0 Å². The first-order chi connectivity index (χ1) is 12.4. The van der Waals surface area contributed by atoms with E-state index in [1.807, 2.05) is 7.05 Å². The largest absolute Gasteiger partial charge is 0.340 e. The molecule has 1 fully saturated rings. The van der Waals surface area contributed by atoms with Gasteiger partial charge in [-0.15, -0.1) is 12.4 Å². The summed E-state index contributed by atoms with van der Waals surface area (Å²) in [5.41, 5.74) is 0.534. The van der Waals surface area contributed by atoms with Gasteiger partial charge in [-0.25, -0.2) is 8.42 Å². The van der Waals surface area contributed by atoms with Gasteiger partial charge in [0.1, 0.15) is 11.9 Å². The molecule has 0 saturated carbocycles. The molecule has 1 aromatic carbocycles. The van der Waals surface area contributed by atoms with Crippen LogP contribution in [0.3, 0.4) is 0 Å². The van der Waals surface area contributed by atoms with Crippen molar-refractivity contribution in [1.29, 1.82) is 0 Å². The number of amides is 1. The fraction of sp³-hybridized carbons (Fsp3) is 0.556. The number of carbonyl (C=O) groups is 1. The number of aliphatic imine (C=N–C) groups is 1. The van der Waals surface area contributed by atoms with Crippen LogP contribution in [0.25, 0.3) is 0 Å². The minimum absolute atomic E-state index is 0. The molecule has 27 heavy (non-hydrogen) atoms. The molecule has 1 aromatic rings. The van der Waals surface area contributed by atoms with E-state index in [1.165, 1.54) is 0 Å². The molecule has 9 heteroatoms. The number of nitrogens with one attached hydrogen (secondary N) is 2. The summed E-state index contributed by atoms with van der Waals surface area (Å²) in [5, 5.41) is 3.27. The third-order valence-electron chi connectivity index (χ3n) is 4.99. The number of likely N-dealkylation sites (N-methyl/N-ethyl adjacent to an activating group) is 1. The summed E-state index contributed by atoms with van der Waals surface area (Å²) < 4.78 is 27.1. The van der Waals surface area contributed by atoms with Crippen LogP contribution in [0.5, 0.6) is 0 Å². The number of carbonyl (C=O) groups excluding carboxylic acids is 1. The van der Waals surface area contributed by atoms with Crippen molar-refractivity contribution in [1.82, 2.24) is 14.9 Å². The second kappa shape index (κ2) is 9.03. The quantitative estimate of drug-likeness (QED) is 0.738. The number of unbranched alkanes of at least 4 members (excludes halogenated alkanes) is 1. The van der Waals surface area contributed by atoms with Crippen LogP contribution in [0, 0.1) is 0 Å². The number of benzene rings is 1. The minimum Gasteiger partial charge on any atom is -0.340 e. The lowest BCUT2D eigenvalue weighted by molar-refractivity contribution is -0.133. The number of nitrogens with zero attached hydrogens (tertiary/aromatic N) is 2. The van der Waals surface area contributed by atoms with Gasteiger partial charge in [0, 0.05) is 25.2 Å². The maximum atomic E-state index is 13.0. The van der Waals surface area contributed by atoms with Crippen LogP contribution >= 0.6 is 12.4 Å². The topological polar surface area (TPSA) is 90.9 Å². The van der Waals surface area contributed by atoms with Crippen molar-refractivity contribution in [2.24, 2.45) is 4.99 Å². The molecule has 2 unspecified atom stereocenters. The number of rotatable bonds is 6. The highest BCUT2D eigenvalue weighted by Crippen LogP contribution is 2.23. The number of amidine groups is 1. The zero-order chi connectivity index (χ0) is 18.7. The average Bonchev–Trinajstić information content (AvgIpc) is 3.25. The van der Waals surface area contributed by atoms with Crippen LogP contribution in [0.2, 0.25) is 0 Å². The summed E-state index contributed by atoms with van der Waals surface area (Å²) in [6, 6.07) is 6.32. The van der Waals surface area contributed by atoms with Gasteiger partial charge in [0.2, 0.25) is 5.91 Å². The molecular weight excluding hydrogens is 388 g/mol. The lowest BCUT2D eigenvalue weighted by atomic mass is 10.1. The molecule has 0 spiro atoms. The van der Waals surface area contributed by atoms with E-state index in [9.17, 15) is 13.2 Å². The third-order valence-corrected chi connectivity index (χ3v) is 6.39. The second-order valence-corrected chi connectivity index (χ2v) is 8.48. The molecule has 7 nitrogen and oxygen atoms in total. The van der Waals surface area contributed by atoms with Crippen LogP contribution in [0.4, 0.5) is 0 Å². The van der Waals surface area contributed by atoms with Gasteiger partial charge < -0.3 is 10.2 Å². The molecular formula is C18H27ClN4O3S. The van der Waals surface area contributed by atoms with Crippen molar-refractivity contribution in [3.8, 4) is 0 Å².